The van der Waals surface area contributed by atoms with Crippen LogP contribution in [0.4, 0.5) is 0 Å². The molecule has 2 fully saturated rings. The number of nitrogens with one attached hydrogen (secondary N) is 1. The number of hydrogen-bond acceptors (Lipinski definition) is 3. The molecular weight excluding hydrogens is 190 g/mol. The van der Waals surface area contributed by atoms with E-state index in [1.807, 2.05) is 6.92 Å². The third kappa shape index (κ3) is 1.89. The van der Waals surface area contributed by atoms with Crippen LogP contribution in [0, 0.1) is 17.3 Å². The fourth-order valence-electron chi connectivity index (χ4n) is 3.29. The summed E-state index contributed by atoms with van der Waals surface area (Å²) < 4.78 is 5.17. The van der Waals surface area contributed by atoms with Crippen LogP contribution in [0.15, 0.2) is 0 Å². The zero-order valence-electron chi connectivity index (χ0n) is 9.71. The van der Waals surface area contributed by atoms with Crippen LogP contribution < -0.4 is 5.32 Å². The minimum absolute atomic E-state index is 0.0107. The van der Waals surface area contributed by atoms with Crippen molar-refractivity contribution in [2.24, 2.45) is 17.3 Å². The molecule has 3 unspecified atom stereocenters. The summed E-state index contributed by atoms with van der Waals surface area (Å²) in [6, 6.07) is 0. The first-order valence-electron chi connectivity index (χ1n) is 6.05. The first-order valence-corrected chi connectivity index (χ1v) is 6.05. The van der Waals surface area contributed by atoms with Gasteiger partial charge in [0, 0.05) is 13.1 Å². The Morgan fingerprint density at radius 3 is 3.00 bits per heavy atom. The van der Waals surface area contributed by atoms with Crippen molar-refractivity contribution in [2.45, 2.75) is 33.1 Å². The standard InChI is InChI=1S/C12H21NO2/c1-3-15-11(14)10-7-13-8-12(10)5-4-9(2)6-12/h9-10,13H,3-8H2,1-2H3. The van der Waals surface area contributed by atoms with Gasteiger partial charge in [-0.2, -0.15) is 0 Å². The van der Waals surface area contributed by atoms with E-state index in [-0.39, 0.29) is 17.3 Å². The monoisotopic (exact) mass is 211 g/mol. The highest BCUT2D eigenvalue weighted by molar-refractivity contribution is 5.74. The summed E-state index contributed by atoms with van der Waals surface area (Å²) >= 11 is 0. The van der Waals surface area contributed by atoms with Gasteiger partial charge in [0.15, 0.2) is 0 Å². The number of esters is 1. The fourth-order valence-corrected chi connectivity index (χ4v) is 3.29. The van der Waals surface area contributed by atoms with E-state index in [0.29, 0.717) is 6.61 Å². The maximum atomic E-state index is 11.9. The molecule has 2 aliphatic rings. The lowest BCUT2D eigenvalue weighted by Gasteiger charge is -2.28. The van der Waals surface area contributed by atoms with Gasteiger partial charge in [-0.3, -0.25) is 4.79 Å². The van der Waals surface area contributed by atoms with Crippen molar-refractivity contribution in [3.05, 3.63) is 0 Å². The normalized spacial score (nSPS) is 39.9. The zero-order valence-corrected chi connectivity index (χ0v) is 9.71. The van der Waals surface area contributed by atoms with E-state index >= 15 is 0 Å². The van der Waals surface area contributed by atoms with Crippen molar-refractivity contribution < 1.29 is 9.53 Å². The Kier molecular flexibility index (Phi) is 3.01. The van der Waals surface area contributed by atoms with Gasteiger partial charge in [0.2, 0.25) is 0 Å². The fraction of sp³-hybridized carbons (Fsp3) is 0.917. The molecule has 86 valence electrons. The van der Waals surface area contributed by atoms with E-state index in [1.165, 1.54) is 19.3 Å². The van der Waals surface area contributed by atoms with Crippen molar-refractivity contribution in [3.63, 3.8) is 0 Å². The molecule has 0 aromatic carbocycles. The van der Waals surface area contributed by atoms with Gasteiger partial charge in [-0.05, 0) is 31.1 Å². The molecule has 0 amide bonds. The summed E-state index contributed by atoms with van der Waals surface area (Å²) in [5.41, 5.74) is 0.214. The molecule has 1 aliphatic heterocycles. The van der Waals surface area contributed by atoms with Gasteiger partial charge >= 0.3 is 5.97 Å². The van der Waals surface area contributed by atoms with Crippen molar-refractivity contribution in [1.29, 1.82) is 0 Å². The molecule has 15 heavy (non-hydrogen) atoms. The van der Waals surface area contributed by atoms with Crippen LogP contribution in [-0.2, 0) is 9.53 Å². The van der Waals surface area contributed by atoms with Crippen LogP contribution in [0.25, 0.3) is 0 Å². The second kappa shape index (κ2) is 4.12. The molecule has 1 N–H and O–H groups in total. The summed E-state index contributed by atoms with van der Waals surface area (Å²) in [6.07, 6.45) is 3.63. The number of hydrogen-bond donors (Lipinski definition) is 1. The first kappa shape index (κ1) is 10.9. The smallest absolute Gasteiger partial charge is 0.310 e. The molecule has 3 atom stereocenters. The molecule has 0 aromatic heterocycles. The average Bonchev–Trinajstić information content (AvgIpc) is 2.75. The lowest BCUT2D eigenvalue weighted by Crippen LogP contribution is -2.34. The quantitative estimate of drug-likeness (QED) is 0.705. The minimum Gasteiger partial charge on any atom is -0.466 e. The summed E-state index contributed by atoms with van der Waals surface area (Å²) in [6.45, 7) is 6.48. The molecule has 1 saturated heterocycles. The van der Waals surface area contributed by atoms with Crippen LogP contribution in [0.1, 0.15) is 33.1 Å². The Labute approximate surface area is 91.6 Å². The minimum atomic E-state index is 0.0107. The third-order valence-electron chi connectivity index (χ3n) is 4.03. The molecular formula is C12H21NO2. The van der Waals surface area contributed by atoms with Gasteiger partial charge < -0.3 is 10.1 Å². The van der Waals surface area contributed by atoms with Crippen molar-refractivity contribution in [3.8, 4) is 0 Å². The van der Waals surface area contributed by atoms with E-state index in [0.717, 1.165) is 19.0 Å². The molecule has 1 aliphatic carbocycles. The van der Waals surface area contributed by atoms with Gasteiger partial charge in [-0.15, -0.1) is 0 Å². The Hall–Kier alpha value is -0.570. The number of carbonyl (C=O) groups is 1. The number of ether oxygens (including phenoxy) is 1. The highest BCUT2D eigenvalue weighted by Crippen LogP contribution is 2.49. The van der Waals surface area contributed by atoms with E-state index < -0.39 is 0 Å². The Balaban J connectivity index is 2.07. The number of carbonyl (C=O) groups excluding carboxylic acids is 1. The lowest BCUT2D eigenvalue weighted by atomic mass is 9.76. The van der Waals surface area contributed by atoms with Crippen molar-refractivity contribution in [1.82, 2.24) is 5.32 Å². The Morgan fingerprint density at radius 2 is 2.40 bits per heavy atom. The van der Waals surface area contributed by atoms with Crippen LogP contribution in [0.5, 0.6) is 0 Å². The van der Waals surface area contributed by atoms with Crippen LogP contribution in [0.2, 0.25) is 0 Å². The van der Waals surface area contributed by atoms with Gasteiger partial charge in [-0.1, -0.05) is 13.3 Å². The zero-order chi connectivity index (χ0) is 10.9. The molecule has 1 spiro atoms. The Bertz CT molecular complexity index is 254. The predicted molar refractivity (Wildman–Crippen MR) is 58.4 cm³/mol. The molecule has 0 aromatic rings. The maximum absolute atomic E-state index is 11.9. The first-order chi connectivity index (χ1) is 7.18. The van der Waals surface area contributed by atoms with Crippen LogP contribution in [0.3, 0.4) is 0 Å². The molecule has 3 nitrogen and oxygen atoms in total. The van der Waals surface area contributed by atoms with Gasteiger partial charge in [-0.25, -0.2) is 0 Å². The average molecular weight is 211 g/mol. The molecule has 1 saturated carbocycles. The summed E-state index contributed by atoms with van der Waals surface area (Å²) in [4.78, 5) is 11.9. The summed E-state index contributed by atoms with van der Waals surface area (Å²) in [7, 11) is 0. The molecule has 0 bridgehead atoms. The predicted octanol–water partition coefficient (Wildman–Crippen LogP) is 1.58. The lowest BCUT2D eigenvalue weighted by molar-refractivity contribution is -0.151. The van der Waals surface area contributed by atoms with E-state index in [2.05, 4.69) is 12.2 Å². The summed E-state index contributed by atoms with van der Waals surface area (Å²) in [5, 5.41) is 3.36. The van der Waals surface area contributed by atoms with E-state index in [4.69, 9.17) is 4.74 Å². The van der Waals surface area contributed by atoms with Crippen LogP contribution >= 0.6 is 0 Å². The molecule has 2 rings (SSSR count). The molecule has 0 radical (unpaired) electrons. The second-order valence-corrected chi connectivity index (χ2v) is 5.15. The molecule has 3 heteroatoms. The highest BCUT2D eigenvalue weighted by Gasteiger charge is 2.50. The van der Waals surface area contributed by atoms with Gasteiger partial charge in [0.05, 0.1) is 12.5 Å². The van der Waals surface area contributed by atoms with Crippen molar-refractivity contribution >= 4 is 5.97 Å². The largest absolute Gasteiger partial charge is 0.466 e. The topological polar surface area (TPSA) is 38.3 Å². The van der Waals surface area contributed by atoms with Crippen molar-refractivity contribution in [2.75, 3.05) is 19.7 Å². The third-order valence-corrected chi connectivity index (χ3v) is 4.03. The maximum Gasteiger partial charge on any atom is 0.310 e. The van der Waals surface area contributed by atoms with E-state index in [9.17, 15) is 4.79 Å². The van der Waals surface area contributed by atoms with Gasteiger partial charge in [0.25, 0.3) is 0 Å². The molecule has 1 heterocycles. The summed E-state index contributed by atoms with van der Waals surface area (Å²) in [5.74, 6) is 0.876. The number of rotatable bonds is 2. The van der Waals surface area contributed by atoms with E-state index in [1.54, 1.807) is 0 Å². The Morgan fingerprint density at radius 1 is 1.60 bits per heavy atom. The SMILES string of the molecule is CCOC(=O)C1CNCC12CCC(C)C2. The highest BCUT2D eigenvalue weighted by atomic mass is 16.5. The second-order valence-electron chi connectivity index (χ2n) is 5.15. The van der Waals surface area contributed by atoms with Gasteiger partial charge in [0.1, 0.15) is 0 Å². The van der Waals surface area contributed by atoms with Crippen LogP contribution in [-0.4, -0.2) is 25.7 Å².